The molecule has 7 heterocycles. The quantitative estimate of drug-likeness (QED) is 0.0614. The number of halogens is 1. The number of nitrogens with one attached hydrogen (secondary N) is 1. The number of amides is 1. The van der Waals surface area contributed by atoms with Crippen molar-refractivity contribution in [3.8, 4) is 11.8 Å². The van der Waals surface area contributed by atoms with E-state index >= 15 is 4.39 Å². The highest BCUT2D eigenvalue weighted by Crippen LogP contribution is 2.43. The van der Waals surface area contributed by atoms with Crippen LogP contribution in [0.2, 0.25) is 0 Å². The van der Waals surface area contributed by atoms with Crippen LogP contribution in [0.25, 0.3) is 11.0 Å². The maximum Gasteiger partial charge on any atom is 0.509 e. The number of ether oxygens (including phenoxy) is 7. The van der Waals surface area contributed by atoms with Crippen molar-refractivity contribution in [1.29, 1.82) is 0 Å². The zero-order valence-corrected chi connectivity index (χ0v) is 50.2. The van der Waals surface area contributed by atoms with Crippen LogP contribution in [-0.2, 0) is 54.1 Å². The Kier molecular flexibility index (Phi) is 21.2. The Balaban J connectivity index is 1.19. The van der Waals surface area contributed by atoms with Gasteiger partial charge in [0.05, 0.1) is 46.8 Å². The predicted octanol–water partition coefficient (Wildman–Crippen LogP) is 4.64. The van der Waals surface area contributed by atoms with Gasteiger partial charge in [0.25, 0.3) is 5.91 Å². The van der Waals surface area contributed by atoms with Gasteiger partial charge in [0.2, 0.25) is 5.43 Å². The van der Waals surface area contributed by atoms with E-state index < -0.39 is 113 Å². The highest BCUT2D eigenvalue weighted by atomic mass is 19.1. The van der Waals surface area contributed by atoms with Crippen LogP contribution < -0.4 is 15.6 Å². The maximum absolute atomic E-state index is 15.8. The molecule has 1 amide bonds. The number of likely N-dealkylation sites (N-methyl/N-ethyl adjacent to an activating group) is 1. The van der Waals surface area contributed by atoms with Gasteiger partial charge in [0.1, 0.15) is 29.5 Å². The van der Waals surface area contributed by atoms with E-state index in [2.05, 4.69) is 32.3 Å². The number of carbonyl (C=O) groups excluding carboxylic acids is 4. The molecule has 84 heavy (non-hydrogen) atoms. The molecule has 3 aromatic rings. The number of pyridine rings is 3. The Hall–Kier alpha value is -6.82. The van der Waals surface area contributed by atoms with E-state index in [0.29, 0.717) is 49.4 Å². The fourth-order valence-electron chi connectivity index (χ4n) is 12.2. The molecule has 4 fully saturated rings. The molecular formula is C59H81FN8O16. The summed E-state index contributed by atoms with van der Waals surface area (Å²) in [5.41, 5.74) is -2.92. The third-order valence-corrected chi connectivity index (χ3v) is 16.9. The second-order valence-electron chi connectivity index (χ2n) is 22.9. The molecule has 0 aromatic carbocycles. The molecule has 0 aliphatic carbocycles. The van der Waals surface area contributed by atoms with Crippen molar-refractivity contribution in [3.05, 3.63) is 63.5 Å². The van der Waals surface area contributed by atoms with Crippen molar-refractivity contribution >= 4 is 52.5 Å². The zero-order chi connectivity index (χ0) is 61.5. The topological polar surface area (TPSA) is 282 Å². The molecule has 14 atom stereocenters. The number of aliphatic hydroxyl groups is 1. The van der Waals surface area contributed by atoms with Gasteiger partial charge in [-0.15, -0.1) is 0 Å². The standard InChI is InChI=1S/C59H81FN8O16/c1-14-43-59(9)50(83-57(76)84-59)34(5)45(64-78-24-16-17-37-26-38(30-62-29-37)53(72)61-10)32(3)28-58(8,77-13)49(82-56-47(71)42(65(11)12)25-33(4)79-56)35(6)48(36(7)55(75)80-43)81-44(69)18-19-66-20-22-68(23-21-66)52-41(60)27-39-46(70)40(54(73)74)31-67(15-2)51(39)63-52/h26-27,29-36,42-43,47-50,56,71H,14-15,18-25,28H2,1-13H3,(H,61,72)(H,73,74)/b64-45+/t32-,33-,34+,35+,36-,42+,43-,47-,48+,49-,50-,56+,58-,59-/m1/s1. The number of cyclic esters (lactones) is 1. The average molecular weight is 1180 g/mol. The first kappa shape index (κ1) is 64.7. The van der Waals surface area contributed by atoms with Gasteiger partial charge in [-0.2, -0.15) is 0 Å². The van der Waals surface area contributed by atoms with Crippen molar-refractivity contribution in [1.82, 2.24) is 29.7 Å². The fourth-order valence-corrected chi connectivity index (χ4v) is 12.2. The lowest BCUT2D eigenvalue weighted by molar-refractivity contribution is -0.301. The number of aromatic carboxylic acids is 1. The van der Waals surface area contributed by atoms with E-state index in [9.17, 15) is 39.0 Å². The fraction of sp³-hybridized carbons (Fsp3) is 0.644. The third-order valence-electron chi connectivity index (χ3n) is 16.9. The number of hydrogen-bond acceptors (Lipinski definition) is 21. The molecule has 0 bridgehead atoms. The zero-order valence-electron chi connectivity index (χ0n) is 50.2. The second kappa shape index (κ2) is 27.5. The monoisotopic (exact) mass is 1180 g/mol. The van der Waals surface area contributed by atoms with E-state index in [1.165, 1.54) is 37.3 Å². The van der Waals surface area contributed by atoms with E-state index in [-0.39, 0.29) is 73.9 Å². The van der Waals surface area contributed by atoms with Crippen molar-refractivity contribution in [2.75, 3.05) is 72.5 Å². The molecule has 0 saturated carbocycles. The summed E-state index contributed by atoms with van der Waals surface area (Å²) in [6.45, 7) is 17.5. The van der Waals surface area contributed by atoms with Crippen LogP contribution in [-0.4, -0.2) is 198 Å². The number of aromatic nitrogens is 3. The number of rotatable bonds is 15. The molecule has 7 rings (SSSR count). The molecule has 0 radical (unpaired) electrons. The van der Waals surface area contributed by atoms with Gasteiger partial charge in [0, 0.05) is 101 Å². The lowest BCUT2D eigenvalue weighted by Gasteiger charge is -2.48. The SMILES string of the molecule is CC[C@H]1OC(=O)[C@H](C)[C@@H](OC(=O)CCN2CCN(c3nc4c(cc3F)c(=O)c(C(=O)O)cn4CC)CC2)[C@H](C)[C@@H](O[C@@H]2O[C@H](C)C[C@H](N(C)C)[C@H]2O)[C@](C)(OC)C[C@@H](C)/C(=N\OCC#Cc2cncc(C(=O)NC)c2)[C@H](C)[C@H]2OC(=O)O[C@@]21C. The molecule has 4 aliphatic heterocycles. The Morgan fingerprint density at radius 1 is 1.01 bits per heavy atom. The van der Waals surface area contributed by atoms with Crippen molar-refractivity contribution in [3.63, 3.8) is 0 Å². The molecule has 24 nitrogen and oxygen atoms in total. The van der Waals surface area contributed by atoms with Crippen molar-refractivity contribution < 1.29 is 76.6 Å². The molecule has 4 saturated heterocycles. The van der Waals surface area contributed by atoms with Gasteiger partial charge in [-0.3, -0.25) is 29.1 Å². The van der Waals surface area contributed by atoms with Crippen molar-refractivity contribution in [2.24, 2.45) is 28.8 Å². The van der Waals surface area contributed by atoms with Crippen LogP contribution in [0.1, 0.15) is 114 Å². The van der Waals surface area contributed by atoms with Gasteiger partial charge in [0.15, 0.2) is 36.2 Å². The number of hydrogen-bond donors (Lipinski definition) is 3. The van der Waals surface area contributed by atoms with Gasteiger partial charge >= 0.3 is 24.1 Å². The molecule has 460 valence electrons. The normalized spacial score (nSPS) is 31.2. The van der Waals surface area contributed by atoms with Crippen LogP contribution in [0.15, 0.2) is 40.7 Å². The number of aryl methyl sites for hydroxylation is 1. The number of piperazine rings is 1. The highest BCUT2D eigenvalue weighted by Gasteiger charge is 2.59. The average Bonchev–Trinajstić information content (AvgIpc) is 1.87. The molecule has 25 heteroatoms. The van der Waals surface area contributed by atoms with Gasteiger partial charge in [-0.1, -0.05) is 44.7 Å². The number of carboxylic acids is 1. The summed E-state index contributed by atoms with van der Waals surface area (Å²) in [5.74, 6) is -1.54. The first-order chi connectivity index (χ1) is 39.8. The van der Waals surface area contributed by atoms with Crippen LogP contribution in [0.3, 0.4) is 0 Å². The number of methoxy groups -OCH3 is 1. The number of nitrogens with zero attached hydrogens (tertiary/aromatic N) is 7. The third kappa shape index (κ3) is 14.1. The first-order valence-corrected chi connectivity index (χ1v) is 28.6. The van der Waals surface area contributed by atoms with Crippen LogP contribution in [0.4, 0.5) is 15.0 Å². The van der Waals surface area contributed by atoms with Gasteiger partial charge < -0.3 is 67.9 Å². The molecular weight excluding hydrogens is 1100 g/mol. The highest BCUT2D eigenvalue weighted by molar-refractivity contribution is 5.94. The summed E-state index contributed by atoms with van der Waals surface area (Å²) in [6.07, 6.45) is -3.52. The molecule has 4 aliphatic rings. The Morgan fingerprint density at radius 3 is 2.37 bits per heavy atom. The van der Waals surface area contributed by atoms with E-state index in [1.807, 2.05) is 44.7 Å². The summed E-state index contributed by atoms with van der Waals surface area (Å²) < 4.78 is 61.8. The number of anilines is 1. The van der Waals surface area contributed by atoms with E-state index in [1.54, 1.807) is 52.5 Å². The molecule has 0 spiro atoms. The minimum absolute atomic E-state index is 0.00424. The summed E-state index contributed by atoms with van der Waals surface area (Å²) in [7, 11) is 6.72. The largest absolute Gasteiger partial charge is 0.509 e. The first-order valence-electron chi connectivity index (χ1n) is 28.6. The summed E-state index contributed by atoms with van der Waals surface area (Å²) >= 11 is 0. The molecule has 3 N–H and O–H groups in total. The van der Waals surface area contributed by atoms with Gasteiger partial charge in [-0.25, -0.2) is 19.0 Å². The molecule has 0 unspecified atom stereocenters. The Labute approximate surface area is 488 Å². The van der Waals surface area contributed by atoms with Gasteiger partial charge in [-0.05, 0) is 80.1 Å². The van der Waals surface area contributed by atoms with Crippen LogP contribution >= 0.6 is 0 Å². The number of carboxylic acid groups (broad SMARTS) is 1. The minimum Gasteiger partial charge on any atom is -0.477 e. The smallest absolute Gasteiger partial charge is 0.477 e. The predicted molar refractivity (Wildman–Crippen MR) is 304 cm³/mol. The minimum atomic E-state index is -1.57. The summed E-state index contributed by atoms with van der Waals surface area (Å²) in [5, 5.41) is 28.6. The number of oxime groups is 1. The Bertz CT molecular complexity index is 3050. The van der Waals surface area contributed by atoms with Crippen LogP contribution in [0.5, 0.6) is 0 Å². The molecule has 3 aromatic heterocycles. The number of fused-ring (bicyclic) bond motifs is 2. The lowest BCUT2D eigenvalue weighted by Crippen LogP contribution is -2.60. The lowest BCUT2D eigenvalue weighted by atomic mass is 9.73. The second-order valence-corrected chi connectivity index (χ2v) is 22.9. The summed E-state index contributed by atoms with van der Waals surface area (Å²) in [6, 6.07) is 2.24. The number of aliphatic hydroxyl groups excluding tert-OH is 1. The van der Waals surface area contributed by atoms with Crippen molar-refractivity contribution in [2.45, 2.75) is 155 Å². The van der Waals surface area contributed by atoms with E-state index in [0.717, 1.165) is 6.07 Å². The number of esters is 2. The number of carbonyl (C=O) groups is 5. The Morgan fingerprint density at radius 2 is 1.73 bits per heavy atom. The van der Waals surface area contributed by atoms with Crippen LogP contribution in [0, 0.1) is 41.3 Å². The van der Waals surface area contributed by atoms with E-state index in [4.69, 9.17) is 38.0 Å². The maximum atomic E-state index is 15.8. The summed E-state index contributed by atoms with van der Waals surface area (Å²) in [4.78, 5) is 99.8.